The van der Waals surface area contributed by atoms with Crippen molar-refractivity contribution in [3.8, 4) is 0 Å². The van der Waals surface area contributed by atoms with Gasteiger partial charge in [-0.15, -0.1) is 24.0 Å². The van der Waals surface area contributed by atoms with E-state index in [1.54, 1.807) is 0 Å². The number of nitrogens with zero attached hydrogens (tertiary/aromatic N) is 2. The Morgan fingerprint density at radius 2 is 1.86 bits per heavy atom. The zero-order valence-electron chi connectivity index (χ0n) is 18.3. The van der Waals surface area contributed by atoms with Crippen LogP contribution in [-0.2, 0) is 9.47 Å². The maximum atomic E-state index is 5.66. The van der Waals surface area contributed by atoms with Crippen LogP contribution in [0.1, 0.15) is 45.4 Å². The number of guanidine groups is 1. The lowest BCUT2D eigenvalue weighted by molar-refractivity contribution is -0.0120. The molecule has 0 radical (unpaired) electrons. The molecule has 6 nitrogen and oxygen atoms in total. The van der Waals surface area contributed by atoms with E-state index in [0.717, 1.165) is 65.0 Å². The van der Waals surface area contributed by atoms with Crippen molar-refractivity contribution in [1.82, 2.24) is 15.5 Å². The Hall–Kier alpha value is 0.230. The van der Waals surface area contributed by atoms with Gasteiger partial charge in [-0.05, 0) is 43.8 Å². The number of ether oxygens (including phenoxy) is 2. The molecule has 0 aromatic heterocycles. The summed E-state index contributed by atoms with van der Waals surface area (Å²) in [7, 11) is 1.89. The molecule has 2 N–H and O–H groups in total. The molecule has 1 saturated carbocycles. The Morgan fingerprint density at radius 1 is 1.14 bits per heavy atom. The summed E-state index contributed by atoms with van der Waals surface area (Å²) < 4.78 is 11.2. The van der Waals surface area contributed by atoms with Gasteiger partial charge in [0.15, 0.2) is 5.96 Å². The Balaban J connectivity index is 0.00000300. The van der Waals surface area contributed by atoms with Crippen LogP contribution < -0.4 is 10.6 Å². The molecule has 2 heterocycles. The Labute approximate surface area is 198 Å². The molecule has 0 aromatic carbocycles. The first-order chi connectivity index (χ1) is 13.7. The molecule has 1 aliphatic carbocycles. The van der Waals surface area contributed by atoms with Crippen LogP contribution in [0.2, 0.25) is 0 Å². The largest absolute Gasteiger partial charge is 0.382 e. The molecule has 2 saturated heterocycles. The summed E-state index contributed by atoms with van der Waals surface area (Å²) >= 11 is 2.08. The van der Waals surface area contributed by atoms with Gasteiger partial charge in [0.05, 0.1) is 13.2 Å². The standard InChI is InChI=1S/C21H40N4O2S.HI/c1-3-26-12-8-20(6-4-5-7-20)16-23-19(22-2)24-17-21(9-15-28-18-21)25-10-13-27-14-11-25;/h3-18H2,1-2H3,(H2,22,23,24);1H. The molecular formula is C21H41IN4O2S. The van der Waals surface area contributed by atoms with Gasteiger partial charge in [-0.25, -0.2) is 0 Å². The summed E-state index contributed by atoms with van der Waals surface area (Å²) in [6, 6.07) is 0. The van der Waals surface area contributed by atoms with Gasteiger partial charge in [0, 0.05) is 57.7 Å². The molecule has 0 aromatic rings. The van der Waals surface area contributed by atoms with E-state index in [2.05, 4.69) is 39.2 Å². The molecule has 8 heteroatoms. The van der Waals surface area contributed by atoms with Crippen molar-refractivity contribution < 1.29 is 9.47 Å². The Morgan fingerprint density at radius 3 is 2.48 bits per heavy atom. The second-order valence-corrected chi connectivity index (χ2v) is 9.66. The topological polar surface area (TPSA) is 58.1 Å². The maximum Gasteiger partial charge on any atom is 0.191 e. The minimum Gasteiger partial charge on any atom is -0.382 e. The number of hydrogen-bond donors (Lipinski definition) is 2. The number of nitrogens with one attached hydrogen (secondary N) is 2. The van der Waals surface area contributed by atoms with Gasteiger partial charge in [0.2, 0.25) is 0 Å². The van der Waals surface area contributed by atoms with Crippen LogP contribution in [0.25, 0.3) is 0 Å². The fraction of sp³-hybridized carbons (Fsp3) is 0.952. The highest BCUT2D eigenvalue weighted by atomic mass is 127. The molecule has 0 spiro atoms. The van der Waals surface area contributed by atoms with Crippen molar-refractivity contribution in [2.75, 3.05) is 71.2 Å². The van der Waals surface area contributed by atoms with Crippen LogP contribution >= 0.6 is 35.7 Å². The summed E-state index contributed by atoms with van der Waals surface area (Å²) in [5.41, 5.74) is 0.615. The molecule has 3 fully saturated rings. The molecule has 3 rings (SSSR count). The predicted octanol–water partition coefficient (Wildman–Crippen LogP) is 2.96. The van der Waals surface area contributed by atoms with Gasteiger partial charge >= 0.3 is 0 Å². The third kappa shape index (κ3) is 7.12. The van der Waals surface area contributed by atoms with Crippen LogP contribution in [0.4, 0.5) is 0 Å². The molecule has 3 aliphatic rings. The minimum atomic E-state index is 0. The minimum absolute atomic E-state index is 0. The van der Waals surface area contributed by atoms with Gasteiger partial charge in [-0.2, -0.15) is 11.8 Å². The second kappa shape index (κ2) is 12.9. The molecular weight excluding hydrogens is 499 g/mol. The van der Waals surface area contributed by atoms with Gasteiger partial charge in [0.25, 0.3) is 0 Å². The number of thioether (sulfide) groups is 1. The highest BCUT2D eigenvalue weighted by Crippen LogP contribution is 2.40. The summed E-state index contributed by atoms with van der Waals surface area (Å²) in [5, 5.41) is 7.33. The van der Waals surface area contributed by atoms with E-state index in [4.69, 9.17) is 9.47 Å². The lowest BCUT2D eigenvalue weighted by atomic mass is 9.83. The quantitative estimate of drug-likeness (QED) is 0.203. The first kappa shape index (κ1) is 25.5. The first-order valence-corrected chi connectivity index (χ1v) is 12.3. The lowest BCUT2D eigenvalue weighted by Crippen LogP contribution is -2.60. The summed E-state index contributed by atoms with van der Waals surface area (Å²) in [4.78, 5) is 7.18. The molecule has 0 amide bonds. The van der Waals surface area contributed by atoms with Crippen LogP contribution in [0.5, 0.6) is 0 Å². The average molecular weight is 541 g/mol. The summed E-state index contributed by atoms with van der Waals surface area (Å²) in [5.74, 6) is 3.41. The third-order valence-corrected chi connectivity index (χ3v) is 8.08. The van der Waals surface area contributed by atoms with Crippen molar-refractivity contribution >= 4 is 41.7 Å². The van der Waals surface area contributed by atoms with E-state index in [-0.39, 0.29) is 29.5 Å². The van der Waals surface area contributed by atoms with Gasteiger partial charge in [-0.3, -0.25) is 9.89 Å². The zero-order valence-corrected chi connectivity index (χ0v) is 21.5. The van der Waals surface area contributed by atoms with Crippen LogP contribution in [0, 0.1) is 5.41 Å². The number of rotatable bonds is 9. The van der Waals surface area contributed by atoms with E-state index in [1.165, 1.54) is 43.6 Å². The van der Waals surface area contributed by atoms with E-state index in [0.29, 0.717) is 5.41 Å². The summed E-state index contributed by atoms with van der Waals surface area (Å²) in [6.07, 6.45) is 7.70. The van der Waals surface area contributed by atoms with Crippen molar-refractivity contribution in [3.05, 3.63) is 0 Å². The number of morpholine rings is 1. The van der Waals surface area contributed by atoms with Gasteiger partial charge < -0.3 is 20.1 Å². The average Bonchev–Trinajstić information content (AvgIpc) is 3.40. The van der Waals surface area contributed by atoms with Crippen LogP contribution in [0.3, 0.4) is 0 Å². The lowest BCUT2D eigenvalue weighted by Gasteiger charge is -2.43. The second-order valence-electron chi connectivity index (χ2n) is 8.56. The zero-order chi connectivity index (χ0) is 19.7. The monoisotopic (exact) mass is 540 g/mol. The van der Waals surface area contributed by atoms with E-state index >= 15 is 0 Å². The van der Waals surface area contributed by atoms with E-state index < -0.39 is 0 Å². The van der Waals surface area contributed by atoms with Gasteiger partial charge in [0.1, 0.15) is 0 Å². The predicted molar refractivity (Wildman–Crippen MR) is 134 cm³/mol. The highest BCUT2D eigenvalue weighted by molar-refractivity contribution is 14.0. The first-order valence-electron chi connectivity index (χ1n) is 11.1. The van der Waals surface area contributed by atoms with E-state index in [1.807, 2.05) is 7.05 Å². The summed E-state index contributed by atoms with van der Waals surface area (Å²) in [6.45, 7) is 9.56. The fourth-order valence-electron chi connectivity index (χ4n) is 4.95. The number of halogens is 1. The fourth-order valence-corrected chi connectivity index (χ4v) is 6.43. The van der Waals surface area contributed by atoms with Crippen molar-refractivity contribution in [2.45, 2.75) is 51.0 Å². The number of hydrogen-bond acceptors (Lipinski definition) is 5. The van der Waals surface area contributed by atoms with Crippen LogP contribution in [0.15, 0.2) is 4.99 Å². The highest BCUT2D eigenvalue weighted by Gasteiger charge is 2.41. The third-order valence-electron chi connectivity index (χ3n) is 6.85. The number of aliphatic imine (C=N–C) groups is 1. The molecule has 170 valence electrons. The SMILES string of the molecule is CCOCCC1(CNC(=NC)NCC2(N3CCOCC3)CCSC2)CCCC1.I. The molecule has 1 unspecified atom stereocenters. The molecule has 2 aliphatic heterocycles. The molecule has 1 atom stereocenters. The van der Waals surface area contributed by atoms with E-state index in [9.17, 15) is 0 Å². The van der Waals surface area contributed by atoms with Crippen molar-refractivity contribution in [1.29, 1.82) is 0 Å². The Bertz CT molecular complexity index is 491. The van der Waals surface area contributed by atoms with Gasteiger partial charge in [-0.1, -0.05) is 12.8 Å². The van der Waals surface area contributed by atoms with Crippen LogP contribution in [-0.4, -0.2) is 87.6 Å². The van der Waals surface area contributed by atoms with Crippen molar-refractivity contribution in [3.63, 3.8) is 0 Å². The molecule has 0 bridgehead atoms. The maximum absolute atomic E-state index is 5.66. The smallest absolute Gasteiger partial charge is 0.191 e. The molecule has 29 heavy (non-hydrogen) atoms. The normalized spacial score (nSPS) is 27.6. The van der Waals surface area contributed by atoms with Crippen molar-refractivity contribution in [2.24, 2.45) is 10.4 Å². The Kier molecular flexibility index (Phi) is 11.4.